The second-order valence-corrected chi connectivity index (χ2v) is 5.79. The fourth-order valence-electron chi connectivity index (χ4n) is 2.94. The Morgan fingerprint density at radius 3 is 2.68 bits per heavy atom. The van der Waals surface area contributed by atoms with E-state index in [-0.39, 0.29) is 11.6 Å². The molecule has 1 aliphatic heterocycles. The number of fused-ring (bicyclic) bond motifs is 2. The highest BCUT2D eigenvalue weighted by atomic mass is 16.5. The molecule has 0 fully saturated rings. The number of pyridine rings is 1. The van der Waals surface area contributed by atoms with Gasteiger partial charge in [-0.15, -0.1) is 0 Å². The van der Waals surface area contributed by atoms with Gasteiger partial charge in [0.1, 0.15) is 5.92 Å². The maximum absolute atomic E-state index is 12.9. The molecule has 122 valence electrons. The van der Waals surface area contributed by atoms with E-state index in [1.807, 2.05) is 30.3 Å². The molecule has 0 N–H and O–H groups in total. The van der Waals surface area contributed by atoms with Gasteiger partial charge in [0, 0.05) is 17.8 Å². The highest BCUT2D eigenvalue weighted by molar-refractivity contribution is 6.27. The van der Waals surface area contributed by atoms with Crippen molar-refractivity contribution in [2.75, 3.05) is 7.11 Å². The molecule has 1 aromatic heterocycles. The van der Waals surface area contributed by atoms with Gasteiger partial charge in [-0.2, -0.15) is 0 Å². The third-order valence-corrected chi connectivity index (χ3v) is 4.29. The van der Waals surface area contributed by atoms with Crippen LogP contribution in [0.15, 0.2) is 59.7 Å². The van der Waals surface area contributed by atoms with Gasteiger partial charge in [-0.05, 0) is 16.8 Å². The molecular formula is C20H14N2O3. The van der Waals surface area contributed by atoms with E-state index < -0.39 is 5.92 Å². The van der Waals surface area contributed by atoms with Crippen LogP contribution in [-0.2, 0) is 0 Å². The summed E-state index contributed by atoms with van der Waals surface area (Å²) in [6.07, 6.45) is 2.87. The van der Waals surface area contributed by atoms with Crippen molar-refractivity contribution in [1.29, 1.82) is 0 Å². The first kappa shape index (κ1) is 15.2. The Hall–Kier alpha value is -3.34. The minimum atomic E-state index is -0.930. The predicted molar refractivity (Wildman–Crippen MR) is 95.0 cm³/mol. The van der Waals surface area contributed by atoms with Gasteiger partial charge in [-0.25, -0.2) is 4.98 Å². The van der Waals surface area contributed by atoms with E-state index >= 15 is 0 Å². The van der Waals surface area contributed by atoms with Crippen molar-refractivity contribution in [2.45, 2.75) is 0 Å². The molecular weight excluding hydrogens is 316 g/mol. The van der Waals surface area contributed by atoms with Crippen molar-refractivity contribution >= 4 is 34.2 Å². The summed E-state index contributed by atoms with van der Waals surface area (Å²) in [4.78, 5) is 33.9. The molecule has 0 saturated carbocycles. The Kier molecular flexibility index (Phi) is 3.61. The third kappa shape index (κ3) is 2.59. The van der Waals surface area contributed by atoms with Gasteiger partial charge in [-0.1, -0.05) is 36.4 Å². The molecule has 0 amide bonds. The molecule has 5 nitrogen and oxygen atoms in total. The maximum atomic E-state index is 12.9. The quantitative estimate of drug-likeness (QED) is 0.543. The first-order chi connectivity index (χ1) is 12.2. The zero-order chi connectivity index (χ0) is 17.4. The summed E-state index contributed by atoms with van der Waals surface area (Å²) in [5.74, 6) is -1.16. The lowest BCUT2D eigenvalue weighted by atomic mass is 9.88. The molecule has 0 spiro atoms. The van der Waals surface area contributed by atoms with Crippen LogP contribution < -0.4 is 4.74 Å². The first-order valence-electron chi connectivity index (χ1n) is 7.83. The van der Waals surface area contributed by atoms with E-state index in [9.17, 15) is 9.59 Å². The molecule has 0 bridgehead atoms. The zero-order valence-electron chi connectivity index (χ0n) is 13.5. The number of ether oxygens (including phenoxy) is 1. The van der Waals surface area contributed by atoms with Crippen LogP contribution in [0.3, 0.4) is 0 Å². The van der Waals surface area contributed by atoms with Crippen molar-refractivity contribution in [2.24, 2.45) is 10.9 Å². The standard InChI is InChI=1S/C20H14N2O3/c1-25-18-9-15-17(11-22-18)21-10-16(20(15)24)19(23)14-7-6-12-4-2-3-5-13(12)8-14/h2-11,16H,1H3. The molecule has 1 unspecified atom stereocenters. The number of benzene rings is 2. The largest absolute Gasteiger partial charge is 0.481 e. The van der Waals surface area contributed by atoms with E-state index in [4.69, 9.17) is 4.74 Å². The normalized spacial score (nSPS) is 15.9. The zero-order valence-corrected chi connectivity index (χ0v) is 13.5. The third-order valence-electron chi connectivity index (χ3n) is 4.29. The van der Waals surface area contributed by atoms with Gasteiger partial charge in [0.25, 0.3) is 0 Å². The monoisotopic (exact) mass is 330 g/mol. The number of Topliss-reactive ketones (excluding diaryl/α,β-unsaturated/α-hetero) is 2. The number of hydrogen-bond donors (Lipinski definition) is 0. The van der Waals surface area contributed by atoms with Crippen LogP contribution in [-0.4, -0.2) is 29.9 Å². The maximum Gasteiger partial charge on any atom is 0.213 e. The summed E-state index contributed by atoms with van der Waals surface area (Å²) in [5, 5.41) is 2.00. The van der Waals surface area contributed by atoms with E-state index in [1.54, 1.807) is 12.1 Å². The predicted octanol–water partition coefficient (Wildman–Crippen LogP) is 3.64. The summed E-state index contributed by atoms with van der Waals surface area (Å²) in [7, 11) is 1.48. The van der Waals surface area contributed by atoms with Crippen LogP contribution in [0.25, 0.3) is 10.8 Å². The van der Waals surface area contributed by atoms with Crippen LogP contribution in [0.4, 0.5) is 5.69 Å². The van der Waals surface area contributed by atoms with Crippen molar-refractivity contribution in [3.05, 3.63) is 65.9 Å². The van der Waals surface area contributed by atoms with Crippen molar-refractivity contribution in [3.8, 4) is 5.88 Å². The lowest BCUT2D eigenvalue weighted by Crippen LogP contribution is -2.28. The molecule has 2 heterocycles. The number of ketones is 2. The van der Waals surface area contributed by atoms with E-state index in [1.165, 1.54) is 25.6 Å². The number of carbonyl (C=O) groups excluding carboxylic acids is 2. The lowest BCUT2D eigenvalue weighted by molar-refractivity contribution is 0.0854. The number of hydrogen-bond acceptors (Lipinski definition) is 5. The van der Waals surface area contributed by atoms with Crippen LogP contribution in [0.2, 0.25) is 0 Å². The number of rotatable bonds is 3. The van der Waals surface area contributed by atoms with Gasteiger partial charge in [0.05, 0.1) is 24.6 Å². The van der Waals surface area contributed by atoms with Gasteiger partial charge in [0.15, 0.2) is 11.6 Å². The minimum absolute atomic E-state index is 0.263. The molecule has 0 radical (unpaired) electrons. The van der Waals surface area contributed by atoms with Crippen LogP contribution in [0, 0.1) is 5.92 Å². The van der Waals surface area contributed by atoms with E-state index in [0.717, 1.165) is 10.8 Å². The van der Waals surface area contributed by atoms with Gasteiger partial charge in [0.2, 0.25) is 5.88 Å². The fraction of sp³-hybridized carbons (Fsp3) is 0.100. The number of aliphatic imine (C=N–C) groups is 1. The molecule has 25 heavy (non-hydrogen) atoms. The summed E-state index contributed by atoms with van der Waals surface area (Å²) in [5.41, 5.74) is 1.30. The smallest absolute Gasteiger partial charge is 0.213 e. The van der Waals surface area contributed by atoms with Crippen LogP contribution in [0.5, 0.6) is 5.88 Å². The van der Waals surface area contributed by atoms with Crippen LogP contribution >= 0.6 is 0 Å². The SMILES string of the molecule is COc1cc2c(cn1)N=CC(C(=O)c1ccc3ccccc3c1)C2=O. The molecule has 5 heteroatoms. The molecule has 4 rings (SSSR count). The Morgan fingerprint density at radius 2 is 1.88 bits per heavy atom. The average molecular weight is 330 g/mol. The molecule has 2 aromatic carbocycles. The minimum Gasteiger partial charge on any atom is -0.481 e. The molecule has 0 saturated heterocycles. The van der Waals surface area contributed by atoms with E-state index in [2.05, 4.69) is 9.98 Å². The number of methoxy groups -OCH3 is 1. The summed E-state index contributed by atoms with van der Waals surface area (Å²) < 4.78 is 5.06. The number of aromatic nitrogens is 1. The first-order valence-corrected chi connectivity index (χ1v) is 7.83. The van der Waals surface area contributed by atoms with Crippen molar-refractivity contribution in [1.82, 2.24) is 4.98 Å². The van der Waals surface area contributed by atoms with E-state index in [0.29, 0.717) is 22.7 Å². The van der Waals surface area contributed by atoms with Crippen molar-refractivity contribution < 1.29 is 14.3 Å². The van der Waals surface area contributed by atoms with Gasteiger partial charge in [-0.3, -0.25) is 14.6 Å². The fourth-order valence-corrected chi connectivity index (χ4v) is 2.94. The summed E-state index contributed by atoms with van der Waals surface area (Å²) in [6.45, 7) is 0. The van der Waals surface area contributed by atoms with Gasteiger partial charge < -0.3 is 4.74 Å². The lowest BCUT2D eigenvalue weighted by Gasteiger charge is -2.17. The van der Waals surface area contributed by atoms with Crippen LogP contribution in [0.1, 0.15) is 20.7 Å². The molecule has 1 atom stereocenters. The second kappa shape index (κ2) is 5.94. The Labute approximate surface area is 144 Å². The summed E-state index contributed by atoms with van der Waals surface area (Å²) >= 11 is 0. The van der Waals surface area contributed by atoms with Gasteiger partial charge >= 0.3 is 0 Å². The molecule has 0 aliphatic carbocycles. The highest BCUT2D eigenvalue weighted by Crippen LogP contribution is 2.29. The highest BCUT2D eigenvalue weighted by Gasteiger charge is 2.32. The van der Waals surface area contributed by atoms with Crippen molar-refractivity contribution in [3.63, 3.8) is 0 Å². The summed E-state index contributed by atoms with van der Waals surface area (Å²) in [6, 6.07) is 14.7. The number of nitrogens with zero attached hydrogens (tertiary/aromatic N) is 2. The number of carbonyl (C=O) groups is 2. The molecule has 3 aromatic rings. The Balaban J connectivity index is 1.71. The second-order valence-electron chi connectivity index (χ2n) is 5.79. The molecule has 1 aliphatic rings. The topological polar surface area (TPSA) is 68.6 Å². The Bertz CT molecular complexity index is 1040. The average Bonchev–Trinajstić information content (AvgIpc) is 2.67. The Morgan fingerprint density at radius 1 is 1.08 bits per heavy atom.